The van der Waals surface area contributed by atoms with Crippen molar-refractivity contribution in [3.8, 4) is 0 Å². The highest BCUT2D eigenvalue weighted by Gasteiger charge is 2.11. The Balaban J connectivity index is 2.63. The molecule has 0 aliphatic carbocycles. The quantitative estimate of drug-likeness (QED) is 0.779. The fourth-order valence-electron chi connectivity index (χ4n) is 1.83. The van der Waals surface area contributed by atoms with Crippen molar-refractivity contribution in [2.45, 2.75) is 46.6 Å². The van der Waals surface area contributed by atoms with Crippen LogP contribution in [-0.4, -0.2) is 16.1 Å². The Hall–Kier alpha value is -0.990. The molecule has 1 N–H and O–H groups in total. The van der Waals surface area contributed by atoms with Crippen LogP contribution in [0.2, 0.25) is 0 Å². The van der Waals surface area contributed by atoms with E-state index in [-0.39, 0.29) is 0 Å². The molecule has 0 aliphatic rings. The first-order chi connectivity index (χ1) is 7.19. The topological polar surface area (TPSA) is 29.9 Å². The lowest BCUT2D eigenvalue weighted by molar-refractivity contribution is 0.401. The Morgan fingerprint density at radius 2 is 2.13 bits per heavy atom. The van der Waals surface area contributed by atoms with Crippen LogP contribution in [0.5, 0.6) is 0 Å². The molecule has 2 unspecified atom stereocenters. The molecule has 1 aromatic heterocycles. The van der Waals surface area contributed by atoms with E-state index in [1.807, 2.05) is 6.20 Å². The standard InChI is InChI=1S/C12H23N3/c1-5-10(3)9-11(4)15-8-7-14-12(15)13-6-2/h7-8,10-11H,5-6,9H2,1-4H3,(H,13,14). The molecule has 0 amide bonds. The second-order valence-electron chi connectivity index (χ2n) is 4.29. The van der Waals surface area contributed by atoms with Crippen LogP contribution in [0.1, 0.15) is 46.6 Å². The number of rotatable bonds is 6. The van der Waals surface area contributed by atoms with Gasteiger partial charge in [0.05, 0.1) is 0 Å². The van der Waals surface area contributed by atoms with Gasteiger partial charge in [-0.3, -0.25) is 0 Å². The lowest BCUT2D eigenvalue weighted by Crippen LogP contribution is -2.12. The average molecular weight is 209 g/mol. The molecular formula is C12H23N3. The summed E-state index contributed by atoms with van der Waals surface area (Å²) in [6, 6.07) is 0.525. The molecule has 3 heteroatoms. The molecule has 86 valence electrons. The Morgan fingerprint density at radius 1 is 1.40 bits per heavy atom. The second-order valence-corrected chi connectivity index (χ2v) is 4.29. The molecule has 15 heavy (non-hydrogen) atoms. The smallest absolute Gasteiger partial charge is 0.203 e. The Kier molecular flexibility index (Phi) is 4.66. The zero-order valence-electron chi connectivity index (χ0n) is 10.3. The monoisotopic (exact) mass is 209 g/mol. The molecule has 1 aromatic rings. The number of aromatic nitrogens is 2. The summed E-state index contributed by atoms with van der Waals surface area (Å²) in [5, 5.41) is 3.28. The maximum atomic E-state index is 4.31. The summed E-state index contributed by atoms with van der Waals surface area (Å²) < 4.78 is 2.23. The first kappa shape index (κ1) is 12.1. The predicted molar refractivity (Wildman–Crippen MR) is 65.2 cm³/mol. The molecule has 1 rings (SSSR count). The molecule has 3 nitrogen and oxygen atoms in total. The fraction of sp³-hybridized carbons (Fsp3) is 0.750. The van der Waals surface area contributed by atoms with Crippen LogP contribution in [0, 0.1) is 5.92 Å². The van der Waals surface area contributed by atoms with Gasteiger partial charge in [-0.15, -0.1) is 0 Å². The molecule has 0 aromatic carbocycles. The van der Waals surface area contributed by atoms with Crippen molar-refractivity contribution in [1.82, 2.24) is 9.55 Å². The number of nitrogens with one attached hydrogen (secondary N) is 1. The minimum atomic E-state index is 0.525. The van der Waals surface area contributed by atoms with Crippen molar-refractivity contribution in [3.05, 3.63) is 12.4 Å². The molecule has 0 spiro atoms. The van der Waals surface area contributed by atoms with Gasteiger partial charge in [0, 0.05) is 25.0 Å². The molecule has 2 atom stereocenters. The van der Waals surface area contributed by atoms with Gasteiger partial charge in [-0.1, -0.05) is 20.3 Å². The van der Waals surface area contributed by atoms with Crippen LogP contribution in [0.15, 0.2) is 12.4 Å². The van der Waals surface area contributed by atoms with Crippen LogP contribution in [0.3, 0.4) is 0 Å². The molecule has 0 saturated heterocycles. The van der Waals surface area contributed by atoms with Gasteiger partial charge < -0.3 is 9.88 Å². The molecule has 0 saturated carbocycles. The van der Waals surface area contributed by atoms with E-state index in [1.165, 1.54) is 12.8 Å². The zero-order valence-corrected chi connectivity index (χ0v) is 10.3. The number of nitrogens with zero attached hydrogens (tertiary/aromatic N) is 2. The van der Waals surface area contributed by atoms with Crippen LogP contribution in [0.25, 0.3) is 0 Å². The minimum absolute atomic E-state index is 0.525. The van der Waals surface area contributed by atoms with Crippen LogP contribution in [-0.2, 0) is 0 Å². The molecule has 1 heterocycles. The van der Waals surface area contributed by atoms with Crippen molar-refractivity contribution in [2.24, 2.45) is 5.92 Å². The van der Waals surface area contributed by atoms with Gasteiger partial charge in [0.25, 0.3) is 0 Å². The molecule has 0 aliphatic heterocycles. The Morgan fingerprint density at radius 3 is 2.73 bits per heavy atom. The minimum Gasteiger partial charge on any atom is -0.356 e. The Bertz CT molecular complexity index is 280. The second kappa shape index (κ2) is 5.79. The average Bonchev–Trinajstić information content (AvgIpc) is 2.66. The summed E-state index contributed by atoms with van der Waals surface area (Å²) in [5.74, 6) is 1.77. The van der Waals surface area contributed by atoms with Crippen molar-refractivity contribution >= 4 is 5.95 Å². The number of hydrogen-bond donors (Lipinski definition) is 1. The van der Waals surface area contributed by atoms with Crippen LogP contribution < -0.4 is 5.32 Å². The number of hydrogen-bond acceptors (Lipinski definition) is 2. The van der Waals surface area contributed by atoms with Gasteiger partial charge in [0.1, 0.15) is 0 Å². The van der Waals surface area contributed by atoms with E-state index in [0.29, 0.717) is 6.04 Å². The van der Waals surface area contributed by atoms with Gasteiger partial charge in [0.2, 0.25) is 5.95 Å². The highest BCUT2D eigenvalue weighted by Crippen LogP contribution is 2.22. The van der Waals surface area contributed by atoms with E-state index in [0.717, 1.165) is 18.4 Å². The number of imidazole rings is 1. The highest BCUT2D eigenvalue weighted by atomic mass is 15.2. The first-order valence-electron chi connectivity index (χ1n) is 5.95. The molecule has 0 fully saturated rings. The van der Waals surface area contributed by atoms with Crippen LogP contribution >= 0.6 is 0 Å². The third-order valence-electron chi connectivity index (χ3n) is 2.92. The van der Waals surface area contributed by atoms with E-state index in [4.69, 9.17) is 0 Å². The van der Waals surface area contributed by atoms with E-state index in [9.17, 15) is 0 Å². The highest BCUT2D eigenvalue weighted by molar-refractivity contribution is 5.26. The summed E-state index contributed by atoms with van der Waals surface area (Å²) in [6.07, 6.45) is 6.39. The third kappa shape index (κ3) is 3.26. The van der Waals surface area contributed by atoms with E-state index < -0.39 is 0 Å². The fourth-order valence-corrected chi connectivity index (χ4v) is 1.83. The molecule has 0 radical (unpaired) electrons. The van der Waals surface area contributed by atoms with Gasteiger partial charge >= 0.3 is 0 Å². The summed E-state index contributed by atoms with van der Waals surface area (Å²) in [7, 11) is 0. The van der Waals surface area contributed by atoms with Crippen molar-refractivity contribution < 1.29 is 0 Å². The van der Waals surface area contributed by atoms with Gasteiger partial charge in [-0.25, -0.2) is 4.98 Å². The predicted octanol–water partition coefficient (Wildman–Crippen LogP) is 3.31. The summed E-state index contributed by atoms with van der Waals surface area (Å²) in [4.78, 5) is 4.31. The summed E-state index contributed by atoms with van der Waals surface area (Å²) in [6.45, 7) is 9.83. The maximum Gasteiger partial charge on any atom is 0.203 e. The van der Waals surface area contributed by atoms with E-state index in [1.54, 1.807) is 0 Å². The van der Waals surface area contributed by atoms with Crippen molar-refractivity contribution in [2.75, 3.05) is 11.9 Å². The largest absolute Gasteiger partial charge is 0.356 e. The zero-order chi connectivity index (χ0) is 11.3. The maximum absolute atomic E-state index is 4.31. The molecular weight excluding hydrogens is 186 g/mol. The summed E-state index contributed by atoms with van der Waals surface area (Å²) in [5.41, 5.74) is 0. The summed E-state index contributed by atoms with van der Waals surface area (Å²) >= 11 is 0. The lowest BCUT2D eigenvalue weighted by Gasteiger charge is -2.19. The molecule has 0 bridgehead atoms. The van der Waals surface area contributed by atoms with E-state index in [2.05, 4.69) is 48.8 Å². The SMILES string of the molecule is CCNc1nccn1C(C)CC(C)CC. The first-order valence-corrected chi connectivity index (χ1v) is 5.95. The lowest BCUT2D eigenvalue weighted by atomic mass is 10.0. The van der Waals surface area contributed by atoms with Crippen molar-refractivity contribution in [1.29, 1.82) is 0 Å². The van der Waals surface area contributed by atoms with Gasteiger partial charge in [-0.2, -0.15) is 0 Å². The number of anilines is 1. The van der Waals surface area contributed by atoms with E-state index >= 15 is 0 Å². The third-order valence-corrected chi connectivity index (χ3v) is 2.92. The Labute approximate surface area is 92.9 Å². The van der Waals surface area contributed by atoms with Crippen molar-refractivity contribution in [3.63, 3.8) is 0 Å². The normalized spacial score (nSPS) is 14.9. The van der Waals surface area contributed by atoms with Gasteiger partial charge in [-0.05, 0) is 26.2 Å². The van der Waals surface area contributed by atoms with Crippen LogP contribution in [0.4, 0.5) is 5.95 Å². The van der Waals surface area contributed by atoms with Gasteiger partial charge in [0.15, 0.2) is 0 Å².